The van der Waals surface area contributed by atoms with Crippen molar-refractivity contribution < 1.29 is 0 Å². The molecule has 0 fully saturated rings. The van der Waals surface area contributed by atoms with Crippen molar-refractivity contribution in [1.29, 1.82) is 0 Å². The molecule has 1 aliphatic heterocycles. The van der Waals surface area contributed by atoms with Gasteiger partial charge >= 0.3 is 0 Å². The second-order valence-corrected chi connectivity index (χ2v) is 2.59. The van der Waals surface area contributed by atoms with E-state index in [1.54, 1.807) is 6.20 Å². The molecule has 0 saturated heterocycles. The predicted molar refractivity (Wildman–Crippen MR) is 44.8 cm³/mol. The molecule has 56 valence electrons. The minimum absolute atomic E-state index is 0.706. The zero-order chi connectivity index (χ0) is 7.68. The normalized spacial score (nSPS) is 14.5. The molecule has 1 aromatic rings. The van der Waals surface area contributed by atoms with Crippen molar-refractivity contribution in [3.63, 3.8) is 0 Å². The Balaban J connectivity index is 2.54. The SMILES string of the molecule is Nc1cnc2c(c1)C=NCC2. The van der Waals surface area contributed by atoms with Gasteiger partial charge in [-0.2, -0.15) is 0 Å². The van der Waals surface area contributed by atoms with Gasteiger partial charge in [0.15, 0.2) is 0 Å². The minimum atomic E-state index is 0.706. The molecule has 1 aliphatic rings. The minimum Gasteiger partial charge on any atom is -0.397 e. The fraction of sp³-hybridized carbons (Fsp3) is 0.250. The summed E-state index contributed by atoms with van der Waals surface area (Å²) in [5.74, 6) is 0. The fourth-order valence-electron chi connectivity index (χ4n) is 1.18. The van der Waals surface area contributed by atoms with Gasteiger partial charge in [0.25, 0.3) is 0 Å². The summed E-state index contributed by atoms with van der Waals surface area (Å²) in [6, 6.07) is 1.91. The van der Waals surface area contributed by atoms with Gasteiger partial charge in [0.2, 0.25) is 0 Å². The van der Waals surface area contributed by atoms with Crippen molar-refractivity contribution in [3.8, 4) is 0 Å². The van der Waals surface area contributed by atoms with Crippen molar-refractivity contribution >= 4 is 11.9 Å². The van der Waals surface area contributed by atoms with Gasteiger partial charge in [0, 0.05) is 24.7 Å². The molecular formula is C8H9N3. The molecule has 0 spiro atoms. The smallest absolute Gasteiger partial charge is 0.0511 e. The van der Waals surface area contributed by atoms with Crippen LogP contribution in [0.3, 0.4) is 0 Å². The van der Waals surface area contributed by atoms with Crippen molar-refractivity contribution in [1.82, 2.24) is 4.98 Å². The maximum Gasteiger partial charge on any atom is 0.0511 e. The molecule has 0 unspecified atom stereocenters. The van der Waals surface area contributed by atoms with Crippen LogP contribution in [0.4, 0.5) is 5.69 Å². The summed E-state index contributed by atoms with van der Waals surface area (Å²) in [5.41, 5.74) is 8.44. The summed E-state index contributed by atoms with van der Waals surface area (Å²) in [7, 11) is 0. The third-order valence-electron chi connectivity index (χ3n) is 1.73. The van der Waals surface area contributed by atoms with Gasteiger partial charge in [-0.25, -0.2) is 0 Å². The number of anilines is 1. The molecule has 0 amide bonds. The van der Waals surface area contributed by atoms with Gasteiger partial charge in [0.1, 0.15) is 0 Å². The molecule has 0 atom stereocenters. The van der Waals surface area contributed by atoms with Crippen LogP contribution in [0.2, 0.25) is 0 Å². The van der Waals surface area contributed by atoms with Crippen molar-refractivity contribution in [2.24, 2.45) is 4.99 Å². The summed E-state index contributed by atoms with van der Waals surface area (Å²) in [6.45, 7) is 0.851. The lowest BCUT2D eigenvalue weighted by molar-refractivity contribution is 0.906. The third-order valence-corrected chi connectivity index (χ3v) is 1.73. The van der Waals surface area contributed by atoms with Crippen LogP contribution < -0.4 is 5.73 Å². The molecule has 2 rings (SSSR count). The highest BCUT2D eigenvalue weighted by Crippen LogP contribution is 2.11. The number of aromatic nitrogens is 1. The molecule has 0 radical (unpaired) electrons. The quantitative estimate of drug-likeness (QED) is 0.585. The predicted octanol–water partition coefficient (Wildman–Crippen LogP) is 0.639. The third kappa shape index (κ3) is 1.09. The second-order valence-electron chi connectivity index (χ2n) is 2.59. The first-order valence-corrected chi connectivity index (χ1v) is 3.60. The van der Waals surface area contributed by atoms with Gasteiger partial charge in [-0.15, -0.1) is 0 Å². The largest absolute Gasteiger partial charge is 0.397 e. The molecular weight excluding hydrogens is 138 g/mol. The highest BCUT2D eigenvalue weighted by molar-refractivity contribution is 5.83. The van der Waals surface area contributed by atoms with E-state index >= 15 is 0 Å². The summed E-state index contributed by atoms with van der Waals surface area (Å²) < 4.78 is 0. The summed E-state index contributed by atoms with van der Waals surface area (Å²) in [6.07, 6.45) is 4.46. The molecule has 2 heterocycles. The van der Waals surface area contributed by atoms with Crippen molar-refractivity contribution in [3.05, 3.63) is 23.5 Å². The number of hydrogen-bond acceptors (Lipinski definition) is 3. The Hall–Kier alpha value is -1.38. The zero-order valence-corrected chi connectivity index (χ0v) is 6.12. The Morgan fingerprint density at radius 2 is 2.36 bits per heavy atom. The van der Waals surface area contributed by atoms with E-state index in [0.29, 0.717) is 5.69 Å². The summed E-state index contributed by atoms with van der Waals surface area (Å²) >= 11 is 0. The van der Waals surface area contributed by atoms with E-state index in [1.165, 1.54) is 0 Å². The van der Waals surface area contributed by atoms with Crippen molar-refractivity contribution in [2.45, 2.75) is 6.42 Å². The Morgan fingerprint density at radius 3 is 3.27 bits per heavy atom. The van der Waals surface area contributed by atoms with Crippen LogP contribution in [0.25, 0.3) is 0 Å². The van der Waals surface area contributed by atoms with Crippen LogP contribution in [-0.4, -0.2) is 17.7 Å². The second kappa shape index (κ2) is 2.34. The molecule has 3 nitrogen and oxygen atoms in total. The van der Waals surface area contributed by atoms with E-state index in [4.69, 9.17) is 5.73 Å². The van der Waals surface area contributed by atoms with Crippen LogP contribution >= 0.6 is 0 Å². The van der Waals surface area contributed by atoms with E-state index in [0.717, 1.165) is 24.2 Å². The van der Waals surface area contributed by atoms with Crippen LogP contribution in [0.1, 0.15) is 11.3 Å². The van der Waals surface area contributed by atoms with Crippen LogP contribution in [-0.2, 0) is 6.42 Å². The number of aliphatic imine (C=N–C) groups is 1. The van der Waals surface area contributed by atoms with Gasteiger partial charge in [0.05, 0.1) is 17.6 Å². The number of fused-ring (bicyclic) bond motifs is 1. The van der Waals surface area contributed by atoms with E-state index < -0.39 is 0 Å². The number of pyridine rings is 1. The standard InChI is InChI=1S/C8H9N3/c9-7-3-6-4-10-2-1-8(6)11-5-7/h3-5H,1-2,9H2. The molecule has 0 saturated carbocycles. The van der Waals surface area contributed by atoms with Crippen LogP contribution in [0, 0.1) is 0 Å². The maximum absolute atomic E-state index is 5.56. The van der Waals surface area contributed by atoms with E-state index in [1.807, 2.05) is 12.3 Å². The molecule has 0 aliphatic carbocycles. The fourth-order valence-corrected chi connectivity index (χ4v) is 1.18. The lowest BCUT2D eigenvalue weighted by Gasteiger charge is -2.07. The first kappa shape index (κ1) is 6.34. The van der Waals surface area contributed by atoms with Gasteiger partial charge < -0.3 is 5.73 Å². The topological polar surface area (TPSA) is 51.3 Å². The average molecular weight is 147 g/mol. The maximum atomic E-state index is 5.56. The highest BCUT2D eigenvalue weighted by Gasteiger charge is 2.05. The van der Waals surface area contributed by atoms with Crippen molar-refractivity contribution in [2.75, 3.05) is 12.3 Å². The first-order valence-electron chi connectivity index (χ1n) is 3.60. The number of hydrogen-bond donors (Lipinski definition) is 1. The molecule has 11 heavy (non-hydrogen) atoms. The summed E-state index contributed by atoms with van der Waals surface area (Å²) in [4.78, 5) is 8.34. The molecule has 0 aromatic carbocycles. The lowest BCUT2D eigenvalue weighted by Crippen LogP contribution is -2.06. The Kier molecular flexibility index (Phi) is 1.35. The Morgan fingerprint density at radius 1 is 1.45 bits per heavy atom. The number of rotatable bonds is 0. The number of nitrogens with zero attached hydrogens (tertiary/aromatic N) is 2. The molecule has 0 bridgehead atoms. The van der Waals surface area contributed by atoms with Gasteiger partial charge in [-0.3, -0.25) is 9.98 Å². The van der Waals surface area contributed by atoms with E-state index in [9.17, 15) is 0 Å². The Labute approximate surface area is 65.0 Å². The number of nitrogen functional groups attached to an aromatic ring is 1. The first-order chi connectivity index (χ1) is 5.36. The van der Waals surface area contributed by atoms with E-state index in [2.05, 4.69) is 9.98 Å². The lowest BCUT2D eigenvalue weighted by atomic mass is 10.1. The monoisotopic (exact) mass is 147 g/mol. The van der Waals surface area contributed by atoms with Crippen LogP contribution in [0.15, 0.2) is 17.3 Å². The zero-order valence-electron chi connectivity index (χ0n) is 6.12. The molecule has 1 aromatic heterocycles. The molecule has 2 N–H and O–H groups in total. The highest BCUT2D eigenvalue weighted by atomic mass is 14.8. The summed E-state index contributed by atoms with van der Waals surface area (Å²) in [5, 5.41) is 0. The average Bonchev–Trinajstić information content (AvgIpc) is 2.04. The van der Waals surface area contributed by atoms with E-state index in [-0.39, 0.29) is 0 Å². The van der Waals surface area contributed by atoms with Gasteiger partial charge in [-0.05, 0) is 6.07 Å². The number of nitrogens with two attached hydrogens (primary N) is 1. The van der Waals surface area contributed by atoms with Crippen LogP contribution in [0.5, 0.6) is 0 Å². The van der Waals surface area contributed by atoms with Gasteiger partial charge in [-0.1, -0.05) is 0 Å². The Bertz CT molecular complexity index is 304. The molecule has 3 heteroatoms.